The third kappa shape index (κ3) is 2.95. The van der Waals surface area contributed by atoms with E-state index in [1.54, 1.807) is 19.1 Å². The van der Waals surface area contributed by atoms with Crippen LogP contribution >= 0.6 is 12.2 Å². The van der Waals surface area contributed by atoms with Crippen LogP contribution in [-0.2, 0) is 16.1 Å². The molecule has 7 nitrogen and oxygen atoms in total. The number of esters is 1. The summed E-state index contributed by atoms with van der Waals surface area (Å²) >= 11 is 5.18. The van der Waals surface area contributed by atoms with E-state index in [0.717, 1.165) is 0 Å². The minimum absolute atomic E-state index is 0.236. The summed E-state index contributed by atoms with van der Waals surface area (Å²) in [6.07, 6.45) is 3.03. The Morgan fingerprint density at radius 3 is 2.96 bits per heavy atom. The van der Waals surface area contributed by atoms with E-state index in [1.165, 1.54) is 30.4 Å². The van der Waals surface area contributed by atoms with Gasteiger partial charge in [-0.1, -0.05) is 0 Å². The first-order valence-corrected chi connectivity index (χ1v) is 7.46. The predicted octanol–water partition coefficient (Wildman–Crippen LogP) is 2.23. The van der Waals surface area contributed by atoms with E-state index in [4.69, 9.17) is 21.1 Å². The van der Waals surface area contributed by atoms with Crippen LogP contribution in [0.5, 0.6) is 0 Å². The van der Waals surface area contributed by atoms with Gasteiger partial charge in [0, 0.05) is 6.08 Å². The maximum absolute atomic E-state index is 12.5. The van der Waals surface area contributed by atoms with Crippen molar-refractivity contribution < 1.29 is 23.2 Å². The summed E-state index contributed by atoms with van der Waals surface area (Å²) in [6.45, 7) is 1.88. The van der Waals surface area contributed by atoms with Crippen LogP contribution in [0, 0.1) is 6.92 Å². The molecule has 0 radical (unpaired) electrons. The summed E-state index contributed by atoms with van der Waals surface area (Å²) in [7, 11) is 1.29. The monoisotopic (exact) mass is 346 g/mol. The number of carbonyl (C=O) groups excluding carboxylic acids is 2. The lowest BCUT2D eigenvalue weighted by Gasteiger charge is -2.11. The predicted molar refractivity (Wildman–Crippen MR) is 87.8 cm³/mol. The Hall–Kier alpha value is -2.87. The van der Waals surface area contributed by atoms with Crippen LogP contribution < -0.4 is 5.32 Å². The zero-order valence-corrected chi connectivity index (χ0v) is 13.8. The second-order valence-electron chi connectivity index (χ2n) is 5.07. The molecule has 0 bridgehead atoms. The summed E-state index contributed by atoms with van der Waals surface area (Å²) in [5.41, 5.74) is 0.571. The van der Waals surface area contributed by atoms with Crippen molar-refractivity contribution in [1.82, 2.24) is 10.2 Å². The summed E-state index contributed by atoms with van der Waals surface area (Å²) in [5, 5.41) is 3.11. The minimum atomic E-state index is -0.499. The number of thiocarbonyl (C=S) groups is 1. The Kier molecular flexibility index (Phi) is 4.22. The second-order valence-corrected chi connectivity index (χ2v) is 5.46. The molecule has 0 saturated carbocycles. The van der Waals surface area contributed by atoms with Crippen molar-refractivity contribution in [3.63, 3.8) is 0 Å². The van der Waals surface area contributed by atoms with Gasteiger partial charge in [-0.2, -0.15) is 0 Å². The average molecular weight is 346 g/mol. The molecule has 0 unspecified atom stereocenters. The van der Waals surface area contributed by atoms with Gasteiger partial charge in [0.25, 0.3) is 5.91 Å². The van der Waals surface area contributed by atoms with E-state index >= 15 is 0 Å². The van der Waals surface area contributed by atoms with Crippen LogP contribution in [0.3, 0.4) is 0 Å². The molecule has 0 aliphatic carbocycles. The van der Waals surface area contributed by atoms with Crippen LogP contribution in [0.1, 0.15) is 27.6 Å². The molecular formula is C16H14N2O5S. The molecule has 2 aromatic heterocycles. The van der Waals surface area contributed by atoms with E-state index in [2.05, 4.69) is 10.1 Å². The molecule has 1 saturated heterocycles. The topological polar surface area (TPSA) is 84.9 Å². The van der Waals surface area contributed by atoms with E-state index in [9.17, 15) is 9.59 Å². The zero-order chi connectivity index (χ0) is 17.3. The highest BCUT2D eigenvalue weighted by Gasteiger charge is 2.31. The zero-order valence-electron chi connectivity index (χ0n) is 13.0. The molecule has 1 amide bonds. The first-order chi connectivity index (χ1) is 11.5. The number of ether oxygens (including phenoxy) is 1. The fraction of sp³-hybridized carbons (Fsp3) is 0.188. The molecule has 1 aliphatic rings. The van der Waals surface area contributed by atoms with Gasteiger partial charge in [0.15, 0.2) is 5.11 Å². The van der Waals surface area contributed by atoms with Gasteiger partial charge in [0.2, 0.25) is 0 Å². The molecule has 0 spiro atoms. The highest BCUT2D eigenvalue weighted by molar-refractivity contribution is 7.80. The number of furan rings is 2. The molecule has 2 aromatic rings. The third-order valence-electron chi connectivity index (χ3n) is 3.49. The van der Waals surface area contributed by atoms with E-state index in [0.29, 0.717) is 22.8 Å². The lowest BCUT2D eigenvalue weighted by Crippen LogP contribution is -2.29. The molecule has 1 N–H and O–H groups in total. The highest BCUT2D eigenvalue weighted by atomic mass is 32.1. The van der Waals surface area contributed by atoms with Crippen molar-refractivity contribution in [2.75, 3.05) is 7.11 Å². The number of amides is 1. The van der Waals surface area contributed by atoms with Crippen molar-refractivity contribution in [3.05, 3.63) is 53.0 Å². The van der Waals surface area contributed by atoms with Crippen LogP contribution in [0.25, 0.3) is 6.08 Å². The van der Waals surface area contributed by atoms with E-state index in [-0.39, 0.29) is 23.3 Å². The second kappa shape index (κ2) is 6.32. The largest absolute Gasteiger partial charge is 0.467 e. The first kappa shape index (κ1) is 16.0. The third-order valence-corrected chi connectivity index (χ3v) is 3.81. The molecule has 0 atom stereocenters. The normalized spacial score (nSPS) is 15.9. The average Bonchev–Trinajstić information content (AvgIpc) is 3.25. The van der Waals surface area contributed by atoms with Gasteiger partial charge < -0.3 is 18.9 Å². The molecule has 124 valence electrons. The van der Waals surface area contributed by atoms with Crippen LogP contribution in [-0.4, -0.2) is 29.0 Å². The number of nitrogens with zero attached hydrogens (tertiary/aromatic N) is 1. The number of methoxy groups -OCH3 is 1. The number of carbonyl (C=O) groups is 2. The smallest absolute Gasteiger partial charge is 0.341 e. The lowest BCUT2D eigenvalue weighted by molar-refractivity contribution is -0.122. The molecule has 0 aromatic carbocycles. The molecule has 3 heterocycles. The van der Waals surface area contributed by atoms with E-state index in [1.807, 2.05) is 0 Å². The van der Waals surface area contributed by atoms with Crippen LogP contribution in [0.15, 0.2) is 39.0 Å². The molecular weight excluding hydrogens is 332 g/mol. The summed E-state index contributed by atoms with van der Waals surface area (Å²) < 4.78 is 15.4. The molecule has 24 heavy (non-hydrogen) atoms. The molecule has 8 heteroatoms. The van der Waals surface area contributed by atoms with Gasteiger partial charge in [-0.3, -0.25) is 9.69 Å². The van der Waals surface area contributed by atoms with Gasteiger partial charge in [0.05, 0.1) is 19.9 Å². The molecule has 3 rings (SSSR count). The van der Waals surface area contributed by atoms with Crippen molar-refractivity contribution in [2.24, 2.45) is 0 Å². The quantitative estimate of drug-likeness (QED) is 0.516. The first-order valence-electron chi connectivity index (χ1n) is 7.05. The Labute approximate surface area is 142 Å². The number of aryl methyl sites for hydroxylation is 1. The van der Waals surface area contributed by atoms with Crippen molar-refractivity contribution >= 4 is 35.3 Å². The maximum atomic E-state index is 12.5. The Balaban J connectivity index is 1.82. The van der Waals surface area contributed by atoms with Gasteiger partial charge in [0.1, 0.15) is 28.5 Å². The summed E-state index contributed by atoms with van der Waals surface area (Å²) in [4.78, 5) is 25.5. The lowest BCUT2D eigenvalue weighted by atomic mass is 10.2. The fourth-order valence-electron chi connectivity index (χ4n) is 2.30. The fourth-order valence-corrected chi connectivity index (χ4v) is 2.56. The maximum Gasteiger partial charge on any atom is 0.341 e. The number of hydrogen-bond donors (Lipinski definition) is 1. The Morgan fingerprint density at radius 2 is 2.29 bits per heavy atom. The molecule has 1 fully saturated rings. The van der Waals surface area contributed by atoms with Crippen molar-refractivity contribution in [3.8, 4) is 0 Å². The Bertz CT molecular complexity index is 835. The minimum Gasteiger partial charge on any atom is -0.467 e. The van der Waals surface area contributed by atoms with Crippen molar-refractivity contribution in [1.29, 1.82) is 0 Å². The summed E-state index contributed by atoms with van der Waals surface area (Å²) in [5.74, 6) is 0.586. The molecule has 1 aliphatic heterocycles. The van der Waals surface area contributed by atoms with Gasteiger partial charge in [-0.05, 0) is 37.3 Å². The summed E-state index contributed by atoms with van der Waals surface area (Å²) in [6, 6.07) is 5.01. The van der Waals surface area contributed by atoms with Gasteiger partial charge >= 0.3 is 5.97 Å². The Morgan fingerprint density at radius 1 is 1.50 bits per heavy atom. The highest BCUT2D eigenvalue weighted by Crippen LogP contribution is 2.21. The standard InChI is InChI=1S/C16H14N2O5S/c1-9-12(15(20)21-2)6-11(23-9)7-13-14(19)18(16(24)17-13)8-10-4-3-5-22-10/h3-7H,8H2,1-2H3,(H,17,24). The van der Waals surface area contributed by atoms with Crippen LogP contribution in [0.2, 0.25) is 0 Å². The van der Waals surface area contributed by atoms with E-state index < -0.39 is 5.97 Å². The number of rotatable bonds is 4. The van der Waals surface area contributed by atoms with Gasteiger partial charge in [-0.25, -0.2) is 4.79 Å². The van der Waals surface area contributed by atoms with Gasteiger partial charge in [-0.15, -0.1) is 0 Å². The van der Waals surface area contributed by atoms with Crippen LogP contribution in [0.4, 0.5) is 0 Å². The SMILES string of the molecule is COC(=O)c1cc(C=C2NC(=S)N(Cc3ccco3)C2=O)oc1C. The van der Waals surface area contributed by atoms with Crippen molar-refractivity contribution in [2.45, 2.75) is 13.5 Å². The number of nitrogens with one attached hydrogen (secondary N) is 1. The number of hydrogen-bond acceptors (Lipinski definition) is 6.